The lowest BCUT2D eigenvalue weighted by atomic mass is 9.98. The molecule has 0 amide bonds. The first-order valence-electron chi connectivity index (χ1n) is 4.15. The first-order valence-corrected chi connectivity index (χ1v) is 4.15. The van der Waals surface area contributed by atoms with Crippen LogP contribution in [0, 0.1) is 0 Å². The van der Waals surface area contributed by atoms with Gasteiger partial charge in [-0.1, -0.05) is 32.0 Å². The van der Waals surface area contributed by atoms with Gasteiger partial charge >= 0.3 is 0 Å². The monoisotopic (exact) mass is 165 g/mol. The van der Waals surface area contributed by atoms with Gasteiger partial charge in [0.2, 0.25) is 0 Å². The summed E-state index contributed by atoms with van der Waals surface area (Å²) in [5.74, 6) is 0.413. The first-order chi connectivity index (χ1) is 5.66. The summed E-state index contributed by atoms with van der Waals surface area (Å²) in [6.45, 7) is 4.20. The lowest BCUT2D eigenvalue weighted by molar-refractivity contribution is 0.282. The molecule has 0 saturated heterocycles. The fourth-order valence-electron chi connectivity index (χ4n) is 1.27. The number of nitrogen functional groups attached to an aromatic ring is 1. The SMILES string of the molecule is CC(C)c1cccc(CO)c1N. The van der Waals surface area contributed by atoms with Crippen molar-refractivity contribution in [2.75, 3.05) is 5.73 Å². The lowest BCUT2D eigenvalue weighted by Gasteiger charge is -2.11. The van der Waals surface area contributed by atoms with E-state index >= 15 is 0 Å². The van der Waals surface area contributed by atoms with Gasteiger partial charge in [-0.3, -0.25) is 0 Å². The number of anilines is 1. The van der Waals surface area contributed by atoms with E-state index in [9.17, 15) is 0 Å². The van der Waals surface area contributed by atoms with E-state index in [1.165, 1.54) is 0 Å². The van der Waals surface area contributed by atoms with Crippen molar-refractivity contribution in [3.8, 4) is 0 Å². The second kappa shape index (κ2) is 3.59. The Labute approximate surface area is 73.0 Å². The number of hydrogen-bond acceptors (Lipinski definition) is 2. The van der Waals surface area contributed by atoms with Crippen molar-refractivity contribution in [3.63, 3.8) is 0 Å². The molecule has 0 spiro atoms. The Morgan fingerprint density at radius 3 is 2.58 bits per heavy atom. The molecule has 3 N–H and O–H groups in total. The maximum atomic E-state index is 8.94. The van der Waals surface area contributed by atoms with Gasteiger partial charge in [0.25, 0.3) is 0 Å². The largest absolute Gasteiger partial charge is 0.398 e. The van der Waals surface area contributed by atoms with Gasteiger partial charge in [0, 0.05) is 11.3 Å². The second-order valence-corrected chi connectivity index (χ2v) is 3.23. The van der Waals surface area contributed by atoms with Crippen LogP contribution in [0.15, 0.2) is 18.2 Å². The summed E-state index contributed by atoms with van der Waals surface area (Å²) >= 11 is 0. The van der Waals surface area contributed by atoms with Crippen molar-refractivity contribution in [2.45, 2.75) is 26.4 Å². The quantitative estimate of drug-likeness (QED) is 0.657. The zero-order chi connectivity index (χ0) is 9.14. The molecule has 1 aromatic carbocycles. The smallest absolute Gasteiger partial charge is 0.0702 e. The highest BCUT2D eigenvalue weighted by atomic mass is 16.3. The first kappa shape index (κ1) is 9.07. The van der Waals surface area contributed by atoms with Crippen LogP contribution >= 0.6 is 0 Å². The highest BCUT2D eigenvalue weighted by Crippen LogP contribution is 2.24. The minimum absolute atomic E-state index is 0.0202. The molecular formula is C10H15NO. The Morgan fingerprint density at radius 2 is 2.08 bits per heavy atom. The van der Waals surface area contributed by atoms with Gasteiger partial charge in [-0.05, 0) is 11.5 Å². The van der Waals surface area contributed by atoms with Crippen molar-refractivity contribution in [3.05, 3.63) is 29.3 Å². The van der Waals surface area contributed by atoms with Crippen molar-refractivity contribution >= 4 is 5.69 Å². The maximum Gasteiger partial charge on any atom is 0.0702 e. The van der Waals surface area contributed by atoms with Gasteiger partial charge in [-0.25, -0.2) is 0 Å². The maximum absolute atomic E-state index is 8.94. The van der Waals surface area contributed by atoms with E-state index in [-0.39, 0.29) is 6.61 Å². The van der Waals surface area contributed by atoms with Crippen LogP contribution in [-0.4, -0.2) is 5.11 Å². The molecule has 0 aliphatic carbocycles. The molecule has 2 nitrogen and oxygen atoms in total. The predicted octanol–water partition coefficient (Wildman–Crippen LogP) is 1.88. The van der Waals surface area contributed by atoms with Gasteiger partial charge in [-0.15, -0.1) is 0 Å². The third kappa shape index (κ3) is 1.59. The number of benzene rings is 1. The molecule has 0 aliphatic heterocycles. The Bertz CT molecular complexity index is 269. The summed E-state index contributed by atoms with van der Waals surface area (Å²) < 4.78 is 0. The molecule has 0 aliphatic rings. The molecule has 0 saturated carbocycles. The average Bonchev–Trinajstić information content (AvgIpc) is 2.04. The number of hydrogen-bond donors (Lipinski definition) is 2. The minimum Gasteiger partial charge on any atom is -0.398 e. The van der Waals surface area contributed by atoms with Crippen molar-refractivity contribution in [1.29, 1.82) is 0 Å². The van der Waals surface area contributed by atoms with Crippen LogP contribution in [0.4, 0.5) is 5.69 Å². The van der Waals surface area contributed by atoms with E-state index in [0.717, 1.165) is 16.8 Å². The molecule has 0 unspecified atom stereocenters. The molecule has 0 atom stereocenters. The predicted molar refractivity (Wildman–Crippen MR) is 50.9 cm³/mol. The summed E-state index contributed by atoms with van der Waals surface area (Å²) in [6.07, 6.45) is 0. The van der Waals surface area contributed by atoms with E-state index in [1.54, 1.807) is 0 Å². The standard InChI is InChI=1S/C10H15NO/c1-7(2)9-5-3-4-8(6-12)10(9)11/h3-5,7,12H,6,11H2,1-2H3. The highest BCUT2D eigenvalue weighted by molar-refractivity contribution is 5.54. The third-order valence-electron chi connectivity index (χ3n) is 2.02. The molecule has 66 valence electrons. The number of nitrogens with two attached hydrogens (primary N) is 1. The van der Waals surface area contributed by atoms with Gasteiger partial charge in [0.05, 0.1) is 6.61 Å². The van der Waals surface area contributed by atoms with Crippen LogP contribution in [0.5, 0.6) is 0 Å². The Balaban J connectivity index is 3.14. The van der Waals surface area contributed by atoms with Crippen LogP contribution < -0.4 is 5.73 Å². The van der Waals surface area contributed by atoms with Gasteiger partial charge in [0.1, 0.15) is 0 Å². The molecule has 0 radical (unpaired) electrons. The number of rotatable bonds is 2. The van der Waals surface area contributed by atoms with E-state index < -0.39 is 0 Å². The van der Waals surface area contributed by atoms with E-state index in [0.29, 0.717) is 5.92 Å². The Morgan fingerprint density at radius 1 is 1.42 bits per heavy atom. The molecule has 2 heteroatoms. The molecule has 1 aromatic rings. The molecule has 0 fully saturated rings. The molecule has 12 heavy (non-hydrogen) atoms. The molecule has 0 aromatic heterocycles. The van der Waals surface area contributed by atoms with Gasteiger partial charge < -0.3 is 10.8 Å². The highest BCUT2D eigenvalue weighted by Gasteiger charge is 2.06. The summed E-state index contributed by atoms with van der Waals surface area (Å²) in [6, 6.07) is 5.78. The topological polar surface area (TPSA) is 46.2 Å². The van der Waals surface area contributed by atoms with Crippen molar-refractivity contribution in [1.82, 2.24) is 0 Å². The van der Waals surface area contributed by atoms with E-state index in [4.69, 9.17) is 10.8 Å². The van der Waals surface area contributed by atoms with Crippen molar-refractivity contribution < 1.29 is 5.11 Å². The molecule has 0 heterocycles. The van der Waals surface area contributed by atoms with Crippen molar-refractivity contribution in [2.24, 2.45) is 0 Å². The fourth-order valence-corrected chi connectivity index (χ4v) is 1.27. The normalized spacial score (nSPS) is 10.7. The number of aliphatic hydroxyl groups is 1. The van der Waals surface area contributed by atoms with E-state index in [2.05, 4.69) is 13.8 Å². The van der Waals surface area contributed by atoms with Crippen LogP contribution in [0.25, 0.3) is 0 Å². The number of aliphatic hydroxyl groups excluding tert-OH is 1. The summed E-state index contributed by atoms with van der Waals surface area (Å²) in [5.41, 5.74) is 8.50. The second-order valence-electron chi connectivity index (χ2n) is 3.23. The zero-order valence-electron chi connectivity index (χ0n) is 7.54. The minimum atomic E-state index is 0.0202. The van der Waals surface area contributed by atoms with Crippen LogP contribution in [-0.2, 0) is 6.61 Å². The average molecular weight is 165 g/mol. The van der Waals surface area contributed by atoms with Crippen LogP contribution in [0.1, 0.15) is 30.9 Å². The van der Waals surface area contributed by atoms with Gasteiger partial charge in [0.15, 0.2) is 0 Å². The Kier molecular flexibility index (Phi) is 2.71. The molecule has 1 rings (SSSR count). The van der Waals surface area contributed by atoms with Gasteiger partial charge in [-0.2, -0.15) is 0 Å². The third-order valence-corrected chi connectivity index (χ3v) is 2.02. The molecule has 0 bridgehead atoms. The summed E-state index contributed by atoms with van der Waals surface area (Å²) in [4.78, 5) is 0. The summed E-state index contributed by atoms with van der Waals surface area (Å²) in [5, 5.41) is 8.94. The zero-order valence-corrected chi connectivity index (χ0v) is 7.54. The molecular weight excluding hydrogens is 150 g/mol. The van der Waals surface area contributed by atoms with E-state index in [1.807, 2.05) is 18.2 Å². The fraction of sp³-hybridized carbons (Fsp3) is 0.400. The van der Waals surface area contributed by atoms with Crippen LogP contribution in [0.2, 0.25) is 0 Å². The number of para-hydroxylation sites is 1. The Hall–Kier alpha value is -1.02. The summed E-state index contributed by atoms with van der Waals surface area (Å²) in [7, 11) is 0. The lowest BCUT2D eigenvalue weighted by Crippen LogP contribution is -2.00. The van der Waals surface area contributed by atoms with Crippen LogP contribution in [0.3, 0.4) is 0 Å².